The Morgan fingerprint density at radius 1 is 1.08 bits per heavy atom. The molecule has 36 heavy (non-hydrogen) atoms. The lowest BCUT2D eigenvalue weighted by molar-refractivity contribution is -0.142. The number of aromatic nitrogens is 1. The maximum atomic E-state index is 13.0. The third-order valence-electron chi connectivity index (χ3n) is 5.55. The van der Waals surface area contributed by atoms with Crippen molar-refractivity contribution in [3.8, 4) is 0 Å². The Labute approximate surface area is 218 Å². The largest absolute Gasteiger partial charge is 0.480 e. The highest BCUT2D eigenvalue weighted by Gasteiger charge is 2.32. The number of aliphatic hydroxyl groups excluding tert-OH is 1. The number of amides is 3. The van der Waals surface area contributed by atoms with E-state index in [0.717, 1.165) is 16.5 Å². The fourth-order valence-electron chi connectivity index (χ4n) is 3.52. The van der Waals surface area contributed by atoms with Crippen molar-refractivity contribution in [1.29, 1.82) is 0 Å². The number of aliphatic hydroxyl groups is 1. The monoisotopic (exact) mass is 539 g/mol. The van der Waals surface area contributed by atoms with Crippen molar-refractivity contribution in [3.63, 3.8) is 0 Å². The van der Waals surface area contributed by atoms with E-state index in [1.807, 2.05) is 30.5 Å². The molecule has 1 aromatic carbocycles. The minimum Gasteiger partial charge on any atom is -0.480 e. The van der Waals surface area contributed by atoms with Gasteiger partial charge in [0.05, 0.1) is 12.1 Å². The number of hydrogen-bond acceptors (Lipinski definition) is 8. The summed E-state index contributed by atoms with van der Waals surface area (Å²) in [7, 11) is 0. The van der Waals surface area contributed by atoms with Gasteiger partial charge >= 0.3 is 5.97 Å². The van der Waals surface area contributed by atoms with Crippen LogP contribution >= 0.6 is 24.4 Å². The van der Waals surface area contributed by atoms with Gasteiger partial charge in [-0.2, -0.15) is 24.4 Å². The van der Waals surface area contributed by atoms with Crippen molar-refractivity contribution in [2.24, 2.45) is 5.73 Å². The first-order valence-electron chi connectivity index (χ1n) is 11.3. The Kier molecular flexibility index (Phi) is 11.6. The summed E-state index contributed by atoms with van der Waals surface area (Å²) in [5.74, 6) is -3.07. The van der Waals surface area contributed by atoms with Crippen LogP contribution in [0.3, 0.4) is 0 Å². The number of H-pyrrole nitrogens is 1. The summed E-state index contributed by atoms with van der Waals surface area (Å²) in [5.41, 5.74) is 7.92. The van der Waals surface area contributed by atoms with Gasteiger partial charge in [0.25, 0.3) is 0 Å². The lowest BCUT2D eigenvalue weighted by Gasteiger charge is -2.26. The summed E-state index contributed by atoms with van der Waals surface area (Å²) >= 11 is 5.35. The number of carboxylic acids is 1. The van der Waals surface area contributed by atoms with E-state index in [2.05, 4.69) is 33.6 Å². The van der Waals surface area contributed by atoms with Gasteiger partial charge in [-0.1, -0.05) is 18.2 Å². The third-order valence-corrected chi connectivity index (χ3v) is 6.56. The third kappa shape index (κ3) is 8.15. The number of hydrogen-bond donors (Lipinski definition) is 8. The number of carbonyl (C=O) groups is 4. The summed E-state index contributed by atoms with van der Waals surface area (Å²) in [5, 5.41) is 27.4. The first-order chi connectivity index (χ1) is 17.1. The van der Waals surface area contributed by atoms with Crippen LogP contribution in [0.25, 0.3) is 10.9 Å². The molecule has 5 atom stereocenters. The second kappa shape index (κ2) is 14.1. The molecule has 3 amide bonds. The molecule has 0 spiro atoms. The zero-order valence-corrected chi connectivity index (χ0v) is 21.8. The van der Waals surface area contributed by atoms with Gasteiger partial charge in [-0.05, 0) is 43.4 Å². The molecule has 13 heteroatoms. The van der Waals surface area contributed by atoms with Gasteiger partial charge in [-0.25, -0.2) is 4.79 Å². The van der Waals surface area contributed by atoms with Gasteiger partial charge in [-0.15, -0.1) is 0 Å². The predicted octanol–water partition coefficient (Wildman–Crippen LogP) is -0.360. The highest BCUT2D eigenvalue weighted by molar-refractivity contribution is 7.98. The van der Waals surface area contributed by atoms with Gasteiger partial charge in [0.15, 0.2) is 0 Å². The van der Waals surface area contributed by atoms with E-state index in [4.69, 9.17) is 10.8 Å². The number of aromatic amines is 1. The first kappa shape index (κ1) is 29.5. The normalized spacial score (nSPS) is 15.4. The van der Waals surface area contributed by atoms with E-state index >= 15 is 0 Å². The Bertz CT molecular complexity index is 1060. The molecule has 0 bridgehead atoms. The summed E-state index contributed by atoms with van der Waals surface area (Å²) in [6.07, 6.45) is 2.79. The van der Waals surface area contributed by atoms with Crippen LogP contribution in [-0.4, -0.2) is 86.9 Å². The highest BCUT2D eigenvalue weighted by atomic mass is 32.2. The number of nitrogens with two attached hydrogens (primary N) is 1. The summed E-state index contributed by atoms with van der Waals surface area (Å²) in [4.78, 5) is 52.7. The number of nitrogens with one attached hydrogen (secondary N) is 4. The first-order valence-corrected chi connectivity index (χ1v) is 13.3. The zero-order valence-electron chi connectivity index (χ0n) is 20.1. The quantitative estimate of drug-likeness (QED) is 0.150. The molecule has 2 rings (SSSR count). The van der Waals surface area contributed by atoms with Crippen molar-refractivity contribution in [1.82, 2.24) is 20.9 Å². The minimum atomic E-state index is -1.44. The molecule has 5 unspecified atom stereocenters. The SMILES string of the molecule is CSCCC(NC(=O)C(N)Cc1c[nH]c2ccccc12)C(=O)NC(C(=O)NC(CS)C(=O)O)C(C)O. The van der Waals surface area contributed by atoms with E-state index in [0.29, 0.717) is 5.75 Å². The molecule has 11 nitrogen and oxygen atoms in total. The lowest BCUT2D eigenvalue weighted by atomic mass is 10.0. The number of thiol groups is 1. The molecule has 8 N–H and O–H groups in total. The molecule has 2 aromatic rings. The van der Waals surface area contributed by atoms with E-state index in [1.165, 1.54) is 18.7 Å². The van der Waals surface area contributed by atoms with Crippen LogP contribution < -0.4 is 21.7 Å². The number of aliphatic carboxylic acids is 1. The molecule has 0 fully saturated rings. The predicted molar refractivity (Wildman–Crippen MR) is 142 cm³/mol. The standard InChI is InChI=1S/C23H33N5O6S2/c1-12(29)19(22(32)27-18(11-35)23(33)34)28-21(31)17(7-8-36-2)26-20(30)15(24)9-13-10-25-16-6-4-3-5-14(13)16/h3-6,10,12,15,17-19,25,29,35H,7-9,11,24H2,1-2H3,(H,26,30)(H,27,32)(H,28,31)(H,33,34). The van der Waals surface area contributed by atoms with Gasteiger partial charge in [0.2, 0.25) is 17.7 Å². The lowest BCUT2D eigenvalue weighted by Crippen LogP contribution is -2.60. The average Bonchev–Trinajstić information content (AvgIpc) is 3.25. The zero-order chi connectivity index (χ0) is 26.8. The van der Waals surface area contributed by atoms with Crippen LogP contribution in [-0.2, 0) is 25.6 Å². The number of carboxylic acid groups (broad SMARTS) is 1. The van der Waals surface area contributed by atoms with Crippen LogP contribution in [0.4, 0.5) is 0 Å². The van der Waals surface area contributed by atoms with Crippen LogP contribution in [0.5, 0.6) is 0 Å². The fraction of sp³-hybridized carbons (Fsp3) is 0.478. The summed E-state index contributed by atoms with van der Waals surface area (Å²) in [6, 6.07) is 2.93. The van der Waals surface area contributed by atoms with Crippen LogP contribution in [0.15, 0.2) is 30.5 Å². The van der Waals surface area contributed by atoms with Gasteiger partial charge in [0.1, 0.15) is 18.1 Å². The molecule has 0 aliphatic rings. The van der Waals surface area contributed by atoms with E-state index < -0.39 is 54.0 Å². The maximum absolute atomic E-state index is 13.0. The van der Waals surface area contributed by atoms with E-state index in [9.17, 15) is 24.3 Å². The molecular weight excluding hydrogens is 506 g/mol. The molecular formula is C23H33N5O6S2. The van der Waals surface area contributed by atoms with Gasteiger partial charge in [-0.3, -0.25) is 14.4 Å². The molecule has 0 aliphatic carbocycles. The van der Waals surface area contributed by atoms with Crippen molar-refractivity contribution < 1.29 is 29.4 Å². The maximum Gasteiger partial charge on any atom is 0.327 e. The fourth-order valence-corrected chi connectivity index (χ4v) is 4.24. The van der Waals surface area contributed by atoms with Crippen molar-refractivity contribution in [3.05, 3.63) is 36.0 Å². The number of rotatable bonds is 14. The number of benzene rings is 1. The smallest absolute Gasteiger partial charge is 0.327 e. The van der Waals surface area contributed by atoms with Crippen molar-refractivity contribution in [2.45, 2.75) is 50.0 Å². The molecule has 0 saturated carbocycles. The highest BCUT2D eigenvalue weighted by Crippen LogP contribution is 2.18. The minimum absolute atomic E-state index is 0.178. The molecule has 0 saturated heterocycles. The van der Waals surface area contributed by atoms with E-state index in [-0.39, 0.29) is 18.6 Å². The van der Waals surface area contributed by atoms with Crippen LogP contribution in [0.2, 0.25) is 0 Å². The van der Waals surface area contributed by atoms with Gasteiger partial charge < -0.3 is 36.9 Å². The van der Waals surface area contributed by atoms with Crippen molar-refractivity contribution in [2.75, 3.05) is 17.8 Å². The molecule has 198 valence electrons. The van der Waals surface area contributed by atoms with Gasteiger partial charge in [0, 0.05) is 22.9 Å². The molecule has 0 radical (unpaired) electrons. The van der Waals surface area contributed by atoms with E-state index in [1.54, 1.807) is 6.20 Å². The van der Waals surface area contributed by atoms with Crippen LogP contribution in [0.1, 0.15) is 18.9 Å². The molecule has 1 aromatic heterocycles. The van der Waals surface area contributed by atoms with Crippen molar-refractivity contribution >= 4 is 59.0 Å². The Balaban J connectivity index is 2.08. The Hall–Kier alpha value is -2.74. The topological polar surface area (TPSA) is 187 Å². The number of carbonyl (C=O) groups excluding carboxylic acids is 3. The second-order valence-corrected chi connectivity index (χ2v) is 9.67. The number of para-hydroxylation sites is 1. The second-order valence-electron chi connectivity index (χ2n) is 8.32. The summed E-state index contributed by atoms with van der Waals surface area (Å²) in [6.45, 7) is 1.29. The average molecular weight is 540 g/mol. The number of thioether (sulfide) groups is 1. The summed E-state index contributed by atoms with van der Waals surface area (Å²) < 4.78 is 0. The Morgan fingerprint density at radius 2 is 1.75 bits per heavy atom. The number of fused-ring (bicyclic) bond motifs is 1. The van der Waals surface area contributed by atoms with Crippen LogP contribution in [0, 0.1) is 0 Å². The Morgan fingerprint density at radius 3 is 2.36 bits per heavy atom. The molecule has 0 aliphatic heterocycles. The molecule has 1 heterocycles.